The molecule has 0 amide bonds. The van der Waals surface area contributed by atoms with Gasteiger partial charge in [-0.15, -0.1) is 0 Å². The normalized spacial score (nSPS) is 21.2. The van der Waals surface area contributed by atoms with Gasteiger partial charge in [0.2, 0.25) is 0 Å². The van der Waals surface area contributed by atoms with E-state index in [1.165, 1.54) is 0 Å². The van der Waals surface area contributed by atoms with Crippen molar-refractivity contribution in [3.63, 3.8) is 0 Å². The van der Waals surface area contributed by atoms with E-state index in [0.29, 0.717) is 24.3 Å². The van der Waals surface area contributed by atoms with Crippen LogP contribution in [0.2, 0.25) is 0 Å². The van der Waals surface area contributed by atoms with E-state index < -0.39 is 50.7 Å². The molecule has 0 radical (unpaired) electrons. The van der Waals surface area contributed by atoms with Gasteiger partial charge in [-0.25, -0.2) is 0 Å². The van der Waals surface area contributed by atoms with Gasteiger partial charge >= 0.3 is 530 Å². The Morgan fingerprint density at radius 3 is 1.05 bits per heavy atom. The quantitative estimate of drug-likeness (QED) is 0.0789. The summed E-state index contributed by atoms with van der Waals surface area (Å²) in [6.45, 7) is 32.5. The van der Waals surface area contributed by atoms with Crippen LogP contribution >= 0.6 is 20.2 Å². The standard InChI is InChI=1S/2C34H34N4O4.2ClH.2Fe/c2*1-7-21-17(3)25-13-26-19(5)23(9-11-33(39)40)31(37-26)16-32-24(10-12-34(41)42)20(6)28(38-32)15-30-22(8-2)18(4)27(36-30)14-29(21)35-25;;;;/h2*7-8,13-16H,1-2,9-12H2,3-6H3,(H4,35,36,37,38,39,40,41,42);2*1H;;/q;;;;2*+3/p-6/b2*25-13?,26-13-,27-14-,28-15-,29-14?,30-15?,31-16?,32-16-;;;;. The van der Waals surface area contributed by atoms with Crippen molar-refractivity contribution < 1.29 is 66.5 Å². The van der Waals surface area contributed by atoms with Crippen molar-refractivity contribution in [3.05, 3.63) is 195 Å². The minimum atomic E-state index is -1.91. The van der Waals surface area contributed by atoms with Gasteiger partial charge in [-0.3, -0.25) is 0 Å². The Morgan fingerprint density at radius 1 is 0.409 bits per heavy atom. The van der Waals surface area contributed by atoms with Gasteiger partial charge in [0.15, 0.2) is 0 Å². The summed E-state index contributed by atoms with van der Waals surface area (Å²) in [5.41, 5.74) is 24.2. The molecule has 8 aliphatic heterocycles. The Bertz CT molecular complexity index is 4420. The Balaban J connectivity index is 0.000000182. The molecule has 0 saturated carbocycles. The maximum atomic E-state index is 11.8. The number of hydrogen-bond acceptors (Lipinski definition) is 8. The van der Waals surface area contributed by atoms with Crippen LogP contribution in [0.15, 0.2) is 126 Å². The SMILES string of the molecule is C=CC1=C(C)/C2=C/c3c(C=C)c(C)c4[n]3[Fe]([Cl])[n]3/c(c(C)c(CCC(=O)O)/c3=C/C3=NC(=C\4)/C(C)=C3CCC(=O)O)=C\C1=N2.C=CC1=C(C)/C2=C/c3c(C=C)c(C)c4[n]3[Fe]([Cl])[n]3/c(c(C)c(CCC(=O)O)/c3=C/C3=NC(=C\4)/C(C)=C3CCC(=O)O)=C\C1=N2. The second-order valence-corrected chi connectivity index (χ2v) is 27.3. The molecule has 4 aromatic heterocycles. The number of fused-ring (bicyclic) bond motifs is 4. The van der Waals surface area contributed by atoms with Crippen LogP contribution in [0.3, 0.4) is 0 Å². The molecule has 12 rings (SSSR count). The van der Waals surface area contributed by atoms with Gasteiger partial charge in [-0.2, -0.15) is 0 Å². The third-order valence-electron chi connectivity index (χ3n) is 17.3. The van der Waals surface area contributed by atoms with Crippen LogP contribution in [-0.2, 0) is 58.9 Å². The number of rotatable bonds is 16. The first-order valence-electron chi connectivity index (χ1n) is 28.4. The average Bonchev–Trinajstić information content (AvgIpc) is 1.63. The van der Waals surface area contributed by atoms with Crippen molar-refractivity contribution in [2.75, 3.05) is 0 Å². The first kappa shape index (κ1) is 61.3. The summed E-state index contributed by atoms with van der Waals surface area (Å²) in [6, 6.07) is 0. The summed E-state index contributed by atoms with van der Waals surface area (Å²) in [5, 5.41) is 41.6. The van der Waals surface area contributed by atoms with Gasteiger partial charge in [0, 0.05) is 0 Å². The van der Waals surface area contributed by atoms with E-state index in [-0.39, 0.29) is 38.5 Å². The number of carbonyl (C=O) groups is 4. The van der Waals surface area contributed by atoms with Crippen molar-refractivity contribution in [2.24, 2.45) is 20.0 Å². The molecular formula is C68H64Cl2Fe2N8O8. The fourth-order valence-corrected chi connectivity index (χ4v) is 18.7. The molecule has 454 valence electrons. The zero-order chi connectivity index (χ0) is 63.2. The molecule has 0 spiro atoms. The Labute approximate surface area is 526 Å². The van der Waals surface area contributed by atoms with Gasteiger partial charge < -0.3 is 0 Å². The molecule has 88 heavy (non-hydrogen) atoms. The molecule has 0 saturated heterocycles. The number of carboxylic acid groups (broad SMARTS) is 4. The van der Waals surface area contributed by atoms with Gasteiger partial charge in [0.05, 0.1) is 0 Å². The molecule has 0 aromatic carbocycles. The van der Waals surface area contributed by atoms with Gasteiger partial charge in [0.1, 0.15) is 0 Å². The number of aliphatic imine (C=N–C) groups is 4. The summed E-state index contributed by atoms with van der Waals surface area (Å²) in [4.78, 5) is 67.0. The Kier molecular flexibility index (Phi) is 16.5. The average molecular weight is 1300 g/mol. The number of nitrogens with zero attached hydrogens (tertiary/aromatic N) is 8. The van der Waals surface area contributed by atoms with Crippen LogP contribution < -0.4 is 21.4 Å². The number of carboxylic acids is 4. The first-order valence-corrected chi connectivity index (χ1v) is 33.4. The molecule has 0 unspecified atom stereocenters. The fraction of sp³-hybridized carbons (Fsp3) is 0.235. The minimum absolute atomic E-state index is 0.0370. The number of hydrogen-bond donors (Lipinski definition) is 4. The molecule has 0 atom stereocenters. The summed E-state index contributed by atoms with van der Waals surface area (Å²) in [6.07, 6.45) is 24.4. The first-order chi connectivity index (χ1) is 41.9. The van der Waals surface area contributed by atoms with Crippen molar-refractivity contribution >= 4 is 128 Å². The molecule has 4 N–H and O–H groups in total. The van der Waals surface area contributed by atoms with Gasteiger partial charge in [0.25, 0.3) is 0 Å². The van der Waals surface area contributed by atoms with Gasteiger partial charge in [-0.1, -0.05) is 0 Å². The summed E-state index contributed by atoms with van der Waals surface area (Å²) in [5.74, 6) is -3.56. The Hall–Kier alpha value is -8.34. The second kappa shape index (κ2) is 23.6. The molecular weight excluding hydrogens is 1240 g/mol. The van der Waals surface area contributed by atoms with E-state index in [4.69, 9.17) is 40.2 Å². The predicted octanol–water partition coefficient (Wildman–Crippen LogP) is 10.9. The number of aliphatic carboxylic acids is 4. The summed E-state index contributed by atoms with van der Waals surface area (Å²) < 4.78 is 8.50. The van der Waals surface area contributed by atoms with E-state index in [1.807, 2.05) is 116 Å². The van der Waals surface area contributed by atoms with Crippen molar-refractivity contribution in [2.45, 2.75) is 107 Å². The zero-order valence-corrected chi connectivity index (χ0v) is 53.6. The van der Waals surface area contributed by atoms with Crippen LogP contribution in [0.1, 0.15) is 134 Å². The van der Waals surface area contributed by atoms with Crippen LogP contribution in [-0.4, -0.2) is 81.5 Å². The molecule has 20 heteroatoms. The van der Waals surface area contributed by atoms with Crippen molar-refractivity contribution in [1.29, 1.82) is 0 Å². The molecule has 16 nitrogen and oxygen atoms in total. The molecule has 12 bridgehead atoms. The molecule has 0 fully saturated rings. The van der Waals surface area contributed by atoms with Crippen LogP contribution in [0.4, 0.5) is 0 Å². The monoisotopic (exact) mass is 1300 g/mol. The van der Waals surface area contributed by atoms with E-state index >= 15 is 0 Å². The molecule has 12 heterocycles. The topological polar surface area (TPSA) is 218 Å². The molecule has 8 aliphatic rings. The predicted molar refractivity (Wildman–Crippen MR) is 345 cm³/mol. The Morgan fingerprint density at radius 2 is 0.716 bits per heavy atom. The van der Waals surface area contributed by atoms with E-state index in [0.717, 1.165) is 167 Å². The maximum absolute atomic E-state index is 11.8. The summed E-state index contributed by atoms with van der Waals surface area (Å²) >= 11 is -3.81. The van der Waals surface area contributed by atoms with Gasteiger partial charge in [-0.05, 0) is 0 Å². The van der Waals surface area contributed by atoms with Crippen LogP contribution in [0.25, 0.3) is 60.8 Å². The molecule has 0 aliphatic carbocycles. The number of halogens is 2. The third kappa shape index (κ3) is 10.2. The third-order valence-corrected chi connectivity index (χ3v) is 23.1. The van der Waals surface area contributed by atoms with Crippen molar-refractivity contribution in [3.8, 4) is 0 Å². The fourth-order valence-electron chi connectivity index (χ4n) is 12.5. The van der Waals surface area contributed by atoms with Crippen molar-refractivity contribution in [1.82, 2.24) is 14.3 Å². The van der Waals surface area contributed by atoms with E-state index in [1.54, 1.807) is 0 Å². The van der Waals surface area contributed by atoms with Crippen LogP contribution in [0, 0.1) is 27.7 Å². The molecule has 4 aromatic rings. The van der Waals surface area contributed by atoms with E-state index in [9.17, 15) is 39.6 Å². The summed E-state index contributed by atoms with van der Waals surface area (Å²) in [7, 11) is 15.4. The zero-order valence-electron chi connectivity index (χ0n) is 49.9. The number of aromatic nitrogens is 4. The second-order valence-electron chi connectivity index (χ2n) is 22.2. The van der Waals surface area contributed by atoms with E-state index in [2.05, 4.69) is 52.8 Å². The number of allylic oxidation sites excluding steroid dienone is 10. The van der Waals surface area contributed by atoms with Crippen LogP contribution in [0.5, 0.6) is 0 Å².